The zero-order valence-electron chi connectivity index (χ0n) is 20.6. The Kier molecular flexibility index (Phi) is 6.36. The fourth-order valence-electron chi connectivity index (χ4n) is 4.30. The van der Waals surface area contributed by atoms with Gasteiger partial charge in [-0.05, 0) is 56.2 Å². The molecule has 2 aromatic heterocycles. The maximum Gasteiger partial charge on any atom is 0.263 e. The van der Waals surface area contributed by atoms with Crippen LogP contribution in [0.15, 0.2) is 76.7 Å². The van der Waals surface area contributed by atoms with E-state index in [9.17, 15) is 9.59 Å². The van der Waals surface area contributed by atoms with Crippen LogP contribution >= 0.6 is 11.8 Å². The van der Waals surface area contributed by atoms with E-state index in [0.717, 1.165) is 16.7 Å². The third-order valence-corrected chi connectivity index (χ3v) is 7.48. The second kappa shape index (κ2) is 9.62. The van der Waals surface area contributed by atoms with Gasteiger partial charge in [-0.25, -0.2) is 0 Å². The molecule has 0 aliphatic heterocycles. The van der Waals surface area contributed by atoms with Gasteiger partial charge in [0.1, 0.15) is 5.75 Å². The first-order valence-electron chi connectivity index (χ1n) is 11.7. The van der Waals surface area contributed by atoms with E-state index < -0.39 is 5.25 Å². The number of rotatable bonds is 7. The van der Waals surface area contributed by atoms with Crippen molar-refractivity contribution in [3.63, 3.8) is 0 Å². The third-order valence-electron chi connectivity index (χ3n) is 6.44. The largest absolute Gasteiger partial charge is 0.496 e. The highest BCUT2D eigenvalue weighted by molar-refractivity contribution is 8.00. The second-order valence-electron chi connectivity index (χ2n) is 8.76. The van der Waals surface area contributed by atoms with Crippen LogP contribution < -0.4 is 10.3 Å². The molecule has 7 nitrogen and oxygen atoms in total. The normalized spacial score (nSPS) is 12.2. The Morgan fingerprint density at radius 2 is 1.75 bits per heavy atom. The van der Waals surface area contributed by atoms with Crippen LogP contribution in [0.25, 0.3) is 16.7 Å². The molecule has 0 aliphatic carbocycles. The van der Waals surface area contributed by atoms with Crippen LogP contribution in [0.3, 0.4) is 0 Å². The molecule has 5 rings (SSSR count). The number of carbonyl (C=O) groups excluding carboxylic acids is 1. The molecule has 0 saturated carbocycles. The number of thioether (sulfide) groups is 1. The molecule has 0 radical (unpaired) electrons. The molecule has 8 heteroatoms. The fraction of sp³-hybridized carbons (Fsp3) is 0.214. The average molecular weight is 499 g/mol. The molecule has 0 bridgehead atoms. The zero-order valence-corrected chi connectivity index (χ0v) is 21.4. The first-order valence-corrected chi connectivity index (χ1v) is 12.5. The van der Waals surface area contributed by atoms with E-state index in [1.807, 2.05) is 85.8 Å². The van der Waals surface area contributed by atoms with Crippen molar-refractivity contribution in [1.29, 1.82) is 0 Å². The summed E-state index contributed by atoms with van der Waals surface area (Å²) in [6.07, 6.45) is 0. The van der Waals surface area contributed by atoms with Gasteiger partial charge in [-0.3, -0.25) is 18.6 Å². The van der Waals surface area contributed by atoms with Gasteiger partial charge in [-0.2, -0.15) is 0 Å². The number of Topliss-reactive ketones (excluding diaryl/α,β-unsaturated/α-hetero) is 1. The molecule has 3 aromatic carbocycles. The van der Waals surface area contributed by atoms with E-state index in [4.69, 9.17) is 4.74 Å². The predicted octanol–water partition coefficient (Wildman–Crippen LogP) is 5.08. The summed E-state index contributed by atoms with van der Waals surface area (Å²) in [5.41, 5.74) is 4.30. The van der Waals surface area contributed by atoms with Crippen molar-refractivity contribution in [1.82, 2.24) is 19.2 Å². The lowest BCUT2D eigenvalue weighted by atomic mass is 10.0. The van der Waals surface area contributed by atoms with Crippen molar-refractivity contribution < 1.29 is 9.53 Å². The first kappa shape index (κ1) is 23.8. The summed E-state index contributed by atoms with van der Waals surface area (Å²) in [4.78, 5) is 26.7. The monoisotopic (exact) mass is 498 g/mol. The number of fused-ring (bicyclic) bond motifs is 3. The van der Waals surface area contributed by atoms with E-state index in [0.29, 0.717) is 33.1 Å². The van der Waals surface area contributed by atoms with E-state index in [-0.39, 0.29) is 17.9 Å². The smallest absolute Gasteiger partial charge is 0.263 e. The topological polar surface area (TPSA) is 78.5 Å². The van der Waals surface area contributed by atoms with Gasteiger partial charge in [0, 0.05) is 11.1 Å². The molecule has 0 spiro atoms. The number of ether oxygens (including phenoxy) is 1. The van der Waals surface area contributed by atoms with E-state index in [1.165, 1.54) is 11.8 Å². The molecule has 1 atom stereocenters. The third kappa shape index (κ3) is 4.18. The summed E-state index contributed by atoms with van der Waals surface area (Å²) >= 11 is 1.34. The molecule has 5 aromatic rings. The van der Waals surface area contributed by atoms with Crippen molar-refractivity contribution in [3.8, 4) is 5.75 Å². The number of nitrogens with zero attached hydrogens (tertiary/aromatic N) is 4. The number of aryl methyl sites for hydroxylation is 2. The van der Waals surface area contributed by atoms with Gasteiger partial charge in [0.05, 0.1) is 29.8 Å². The lowest BCUT2D eigenvalue weighted by Gasteiger charge is -2.14. The number of carbonyl (C=O) groups is 1. The molecular weight excluding hydrogens is 472 g/mol. The van der Waals surface area contributed by atoms with Crippen LogP contribution in [0.2, 0.25) is 0 Å². The highest BCUT2D eigenvalue weighted by Crippen LogP contribution is 2.28. The van der Waals surface area contributed by atoms with Gasteiger partial charge in [0.15, 0.2) is 10.9 Å². The van der Waals surface area contributed by atoms with Crippen molar-refractivity contribution in [2.75, 3.05) is 7.11 Å². The van der Waals surface area contributed by atoms with E-state index >= 15 is 0 Å². The average Bonchev–Trinajstić information content (AvgIpc) is 3.31. The summed E-state index contributed by atoms with van der Waals surface area (Å²) in [7, 11) is 1.61. The van der Waals surface area contributed by atoms with Crippen LogP contribution in [0.4, 0.5) is 0 Å². The molecule has 182 valence electrons. The maximum absolute atomic E-state index is 13.5. The van der Waals surface area contributed by atoms with Crippen LogP contribution in [-0.4, -0.2) is 37.3 Å². The number of para-hydroxylation sites is 2. The van der Waals surface area contributed by atoms with Crippen LogP contribution in [-0.2, 0) is 6.54 Å². The summed E-state index contributed by atoms with van der Waals surface area (Å²) in [5, 5.41) is 9.52. The number of hydrogen-bond acceptors (Lipinski definition) is 6. The quantitative estimate of drug-likeness (QED) is 0.230. The van der Waals surface area contributed by atoms with Gasteiger partial charge in [-0.15, -0.1) is 10.2 Å². The molecule has 2 heterocycles. The number of ketones is 1. The van der Waals surface area contributed by atoms with Gasteiger partial charge in [-0.1, -0.05) is 54.2 Å². The molecular formula is C28H26N4O3S. The molecule has 0 N–H and O–H groups in total. The van der Waals surface area contributed by atoms with Gasteiger partial charge < -0.3 is 4.74 Å². The Hall–Kier alpha value is -3.91. The Labute approximate surface area is 212 Å². The van der Waals surface area contributed by atoms with Crippen LogP contribution in [0.5, 0.6) is 5.75 Å². The van der Waals surface area contributed by atoms with Gasteiger partial charge >= 0.3 is 0 Å². The molecule has 0 fully saturated rings. The summed E-state index contributed by atoms with van der Waals surface area (Å²) in [5.74, 6) is 1.13. The fourth-order valence-corrected chi connectivity index (χ4v) is 5.23. The van der Waals surface area contributed by atoms with E-state index in [2.05, 4.69) is 10.2 Å². The molecule has 0 aliphatic rings. The highest BCUT2D eigenvalue weighted by atomic mass is 32.2. The summed E-state index contributed by atoms with van der Waals surface area (Å²) in [6, 6.07) is 20.7. The van der Waals surface area contributed by atoms with Crippen LogP contribution in [0, 0.1) is 13.8 Å². The SMILES string of the molecule is COc1ccccc1Cn1c(=O)c2ccccc2n2c(SC(C)C(=O)c3ccc(C)c(C)c3)nnc12. The number of hydrogen-bond donors (Lipinski definition) is 0. The highest BCUT2D eigenvalue weighted by Gasteiger charge is 2.23. The number of methoxy groups -OCH3 is 1. The molecule has 36 heavy (non-hydrogen) atoms. The minimum Gasteiger partial charge on any atom is -0.496 e. The van der Waals surface area contributed by atoms with Crippen molar-refractivity contribution in [2.45, 2.75) is 37.7 Å². The number of aromatic nitrogens is 4. The number of benzene rings is 3. The lowest BCUT2D eigenvalue weighted by Crippen LogP contribution is -2.24. The van der Waals surface area contributed by atoms with Crippen molar-refractivity contribution in [2.24, 2.45) is 0 Å². The van der Waals surface area contributed by atoms with E-state index in [1.54, 1.807) is 17.7 Å². The molecule has 1 unspecified atom stereocenters. The second-order valence-corrected chi connectivity index (χ2v) is 10.1. The van der Waals surface area contributed by atoms with Crippen molar-refractivity contribution in [3.05, 3.63) is 99.3 Å². The van der Waals surface area contributed by atoms with Crippen LogP contribution in [0.1, 0.15) is 34.0 Å². The Morgan fingerprint density at radius 1 is 1.00 bits per heavy atom. The Morgan fingerprint density at radius 3 is 2.53 bits per heavy atom. The minimum atomic E-state index is -0.395. The molecule has 0 amide bonds. The summed E-state index contributed by atoms with van der Waals surface area (Å²) < 4.78 is 8.97. The van der Waals surface area contributed by atoms with Gasteiger partial charge in [0.25, 0.3) is 5.56 Å². The van der Waals surface area contributed by atoms with Gasteiger partial charge in [0.2, 0.25) is 5.78 Å². The standard InChI is InChI=1S/C28H26N4O3S/c1-17-13-14-20(15-18(17)2)25(33)19(3)36-28-30-29-27-31(16-21-9-5-8-12-24(21)35-4)26(34)22-10-6-7-11-23(22)32(27)28/h5-15,19H,16H2,1-4H3. The maximum atomic E-state index is 13.5. The van der Waals surface area contributed by atoms with Crippen molar-refractivity contribution >= 4 is 34.2 Å². The lowest BCUT2D eigenvalue weighted by molar-refractivity contribution is 0.0993. The molecule has 0 saturated heterocycles. The summed E-state index contributed by atoms with van der Waals surface area (Å²) in [6.45, 7) is 6.18. The first-order chi connectivity index (χ1) is 17.4. The minimum absolute atomic E-state index is 0.0199. The Bertz CT molecular complexity index is 1670. The predicted molar refractivity (Wildman–Crippen MR) is 142 cm³/mol. The zero-order chi connectivity index (χ0) is 25.4. The Balaban J connectivity index is 1.60.